The summed E-state index contributed by atoms with van der Waals surface area (Å²) in [5.41, 5.74) is 1.80. The highest BCUT2D eigenvalue weighted by Gasteiger charge is 2.11. The number of amides is 1. The van der Waals surface area contributed by atoms with Crippen LogP contribution in [0.2, 0.25) is 0 Å². The molecule has 0 aromatic carbocycles. The largest absolute Gasteiger partial charge is 0.378 e. The van der Waals surface area contributed by atoms with E-state index in [1.54, 1.807) is 19.2 Å². The fourth-order valence-corrected chi connectivity index (χ4v) is 2.16. The molecular formula is C15H21N5O3. The Morgan fingerprint density at radius 3 is 2.83 bits per heavy atom. The van der Waals surface area contributed by atoms with Crippen LogP contribution in [0.1, 0.15) is 41.4 Å². The SMILES string of the molecule is COCc1cc(CNC(=O)c2cc(CC(C)C)[nH]c(=O)n2)[nH]n1. The van der Waals surface area contributed by atoms with Gasteiger partial charge in [0.2, 0.25) is 0 Å². The van der Waals surface area contributed by atoms with E-state index in [0.29, 0.717) is 24.6 Å². The van der Waals surface area contributed by atoms with Gasteiger partial charge in [-0.3, -0.25) is 9.89 Å². The number of H-pyrrole nitrogens is 2. The van der Waals surface area contributed by atoms with Crippen LogP contribution in [-0.4, -0.2) is 33.2 Å². The van der Waals surface area contributed by atoms with Crippen LogP contribution in [0.3, 0.4) is 0 Å². The molecule has 1 amide bonds. The van der Waals surface area contributed by atoms with Crippen molar-refractivity contribution in [3.05, 3.63) is 45.4 Å². The van der Waals surface area contributed by atoms with E-state index in [2.05, 4.69) is 25.5 Å². The van der Waals surface area contributed by atoms with Crippen LogP contribution < -0.4 is 11.0 Å². The van der Waals surface area contributed by atoms with Gasteiger partial charge in [0, 0.05) is 12.8 Å². The number of aromatic nitrogens is 4. The molecule has 0 radical (unpaired) electrons. The lowest BCUT2D eigenvalue weighted by atomic mass is 10.1. The van der Waals surface area contributed by atoms with E-state index in [9.17, 15) is 9.59 Å². The molecule has 0 saturated carbocycles. The number of ether oxygens (including phenoxy) is 1. The molecule has 0 saturated heterocycles. The molecule has 0 unspecified atom stereocenters. The van der Waals surface area contributed by atoms with Crippen molar-refractivity contribution >= 4 is 5.91 Å². The molecule has 0 aliphatic carbocycles. The molecule has 0 atom stereocenters. The van der Waals surface area contributed by atoms with Gasteiger partial charge in [-0.05, 0) is 24.5 Å². The van der Waals surface area contributed by atoms with E-state index in [0.717, 1.165) is 11.4 Å². The summed E-state index contributed by atoms with van der Waals surface area (Å²) in [4.78, 5) is 30.1. The van der Waals surface area contributed by atoms with Gasteiger partial charge in [0.15, 0.2) is 0 Å². The van der Waals surface area contributed by atoms with Crippen LogP contribution in [0.15, 0.2) is 16.9 Å². The molecule has 8 nitrogen and oxygen atoms in total. The molecule has 2 aromatic heterocycles. The second kappa shape index (κ2) is 7.68. The fraction of sp³-hybridized carbons (Fsp3) is 0.467. The monoisotopic (exact) mass is 319 g/mol. The average molecular weight is 319 g/mol. The standard InChI is InChI=1S/C15H21N5O3/c1-9(2)4-10-6-13(18-15(22)17-10)14(21)16-7-11-5-12(8-23-3)20-19-11/h5-6,9H,4,7-8H2,1-3H3,(H,16,21)(H,19,20)(H,17,18,22). The first-order chi connectivity index (χ1) is 11.0. The van der Waals surface area contributed by atoms with E-state index in [-0.39, 0.29) is 12.2 Å². The van der Waals surface area contributed by atoms with Gasteiger partial charge in [0.25, 0.3) is 5.91 Å². The van der Waals surface area contributed by atoms with E-state index >= 15 is 0 Å². The first kappa shape index (κ1) is 16.9. The summed E-state index contributed by atoms with van der Waals surface area (Å²) in [6.45, 7) is 4.74. The number of methoxy groups -OCH3 is 1. The normalized spacial score (nSPS) is 11.0. The lowest BCUT2D eigenvalue weighted by molar-refractivity contribution is 0.0944. The molecule has 2 aromatic rings. The van der Waals surface area contributed by atoms with Gasteiger partial charge in [0.1, 0.15) is 5.69 Å². The Morgan fingerprint density at radius 1 is 1.35 bits per heavy atom. The smallest absolute Gasteiger partial charge is 0.345 e. The van der Waals surface area contributed by atoms with Gasteiger partial charge < -0.3 is 15.0 Å². The highest BCUT2D eigenvalue weighted by atomic mass is 16.5. The van der Waals surface area contributed by atoms with Crippen molar-refractivity contribution in [2.45, 2.75) is 33.4 Å². The third-order valence-electron chi connectivity index (χ3n) is 3.08. The van der Waals surface area contributed by atoms with Crippen molar-refractivity contribution < 1.29 is 9.53 Å². The molecule has 2 rings (SSSR count). The average Bonchev–Trinajstić information content (AvgIpc) is 2.91. The number of carbonyl (C=O) groups excluding carboxylic acids is 1. The molecule has 0 fully saturated rings. The van der Waals surface area contributed by atoms with Crippen LogP contribution in [0.25, 0.3) is 0 Å². The zero-order valence-corrected chi connectivity index (χ0v) is 13.5. The van der Waals surface area contributed by atoms with Crippen molar-refractivity contribution in [2.24, 2.45) is 5.92 Å². The molecular weight excluding hydrogens is 298 g/mol. The van der Waals surface area contributed by atoms with Crippen LogP contribution in [0, 0.1) is 5.92 Å². The maximum Gasteiger partial charge on any atom is 0.345 e. The molecule has 3 N–H and O–H groups in total. The Balaban J connectivity index is 2.02. The summed E-state index contributed by atoms with van der Waals surface area (Å²) in [6, 6.07) is 3.42. The maximum absolute atomic E-state index is 12.2. The van der Waals surface area contributed by atoms with Crippen LogP contribution >= 0.6 is 0 Å². The van der Waals surface area contributed by atoms with E-state index in [4.69, 9.17) is 4.74 Å². The summed E-state index contributed by atoms with van der Waals surface area (Å²) in [5, 5.41) is 9.57. The number of nitrogens with one attached hydrogen (secondary N) is 3. The number of hydrogen-bond donors (Lipinski definition) is 3. The highest BCUT2D eigenvalue weighted by Crippen LogP contribution is 2.05. The quantitative estimate of drug-likeness (QED) is 0.697. The summed E-state index contributed by atoms with van der Waals surface area (Å²) < 4.78 is 4.98. The highest BCUT2D eigenvalue weighted by molar-refractivity contribution is 5.92. The minimum atomic E-state index is -0.516. The topological polar surface area (TPSA) is 113 Å². The maximum atomic E-state index is 12.2. The van der Waals surface area contributed by atoms with Crippen molar-refractivity contribution in [3.63, 3.8) is 0 Å². The predicted octanol–water partition coefficient (Wildman–Crippen LogP) is 0.768. The number of aromatic amines is 2. The third-order valence-corrected chi connectivity index (χ3v) is 3.08. The van der Waals surface area contributed by atoms with Crippen molar-refractivity contribution in [3.8, 4) is 0 Å². The zero-order chi connectivity index (χ0) is 16.8. The van der Waals surface area contributed by atoms with E-state index in [1.165, 1.54) is 0 Å². The van der Waals surface area contributed by atoms with Gasteiger partial charge in [-0.1, -0.05) is 13.8 Å². The molecule has 23 heavy (non-hydrogen) atoms. The first-order valence-corrected chi connectivity index (χ1v) is 7.38. The van der Waals surface area contributed by atoms with Crippen molar-refractivity contribution in [1.82, 2.24) is 25.5 Å². The van der Waals surface area contributed by atoms with Gasteiger partial charge in [0.05, 0.1) is 24.5 Å². The molecule has 0 aliphatic heterocycles. The summed E-state index contributed by atoms with van der Waals surface area (Å²) in [6.07, 6.45) is 0.680. The lowest BCUT2D eigenvalue weighted by Crippen LogP contribution is -2.27. The van der Waals surface area contributed by atoms with Gasteiger partial charge in [-0.15, -0.1) is 0 Å². The number of carbonyl (C=O) groups is 1. The second-order valence-electron chi connectivity index (χ2n) is 5.69. The van der Waals surface area contributed by atoms with Gasteiger partial charge in [-0.25, -0.2) is 4.79 Å². The molecule has 124 valence electrons. The summed E-state index contributed by atoms with van der Waals surface area (Å²) in [7, 11) is 1.59. The minimum Gasteiger partial charge on any atom is -0.378 e. The number of nitrogens with zero attached hydrogens (tertiary/aromatic N) is 2. The Bertz CT molecular complexity index is 720. The predicted molar refractivity (Wildman–Crippen MR) is 83.9 cm³/mol. The molecule has 2 heterocycles. The van der Waals surface area contributed by atoms with E-state index in [1.807, 2.05) is 13.8 Å². The number of rotatable bonds is 7. The van der Waals surface area contributed by atoms with Crippen LogP contribution in [0.4, 0.5) is 0 Å². The molecule has 8 heteroatoms. The van der Waals surface area contributed by atoms with Crippen molar-refractivity contribution in [1.29, 1.82) is 0 Å². The zero-order valence-electron chi connectivity index (χ0n) is 13.5. The Morgan fingerprint density at radius 2 is 2.13 bits per heavy atom. The van der Waals surface area contributed by atoms with E-state index < -0.39 is 11.6 Å². The fourth-order valence-electron chi connectivity index (χ4n) is 2.16. The Hall–Kier alpha value is -2.48. The Kier molecular flexibility index (Phi) is 5.64. The molecule has 0 bridgehead atoms. The Labute approximate surface area is 133 Å². The molecule has 0 spiro atoms. The summed E-state index contributed by atoms with van der Waals surface area (Å²) in [5.74, 6) is -0.0304. The second-order valence-corrected chi connectivity index (χ2v) is 5.69. The molecule has 0 aliphatic rings. The first-order valence-electron chi connectivity index (χ1n) is 7.38. The van der Waals surface area contributed by atoms with Crippen LogP contribution in [0.5, 0.6) is 0 Å². The number of hydrogen-bond acceptors (Lipinski definition) is 5. The summed E-state index contributed by atoms with van der Waals surface area (Å²) >= 11 is 0. The van der Waals surface area contributed by atoms with Gasteiger partial charge in [-0.2, -0.15) is 10.1 Å². The third kappa shape index (κ3) is 5.03. The van der Waals surface area contributed by atoms with Crippen LogP contribution in [-0.2, 0) is 24.3 Å². The van der Waals surface area contributed by atoms with Gasteiger partial charge >= 0.3 is 5.69 Å². The lowest BCUT2D eigenvalue weighted by Gasteiger charge is -2.07. The minimum absolute atomic E-state index is 0.112. The van der Waals surface area contributed by atoms with Crippen molar-refractivity contribution in [2.75, 3.05) is 7.11 Å².